The van der Waals surface area contributed by atoms with Crippen molar-refractivity contribution in [3.63, 3.8) is 0 Å². The second kappa shape index (κ2) is 20.0. The van der Waals surface area contributed by atoms with E-state index in [1.807, 2.05) is 72.8 Å². The topological polar surface area (TPSA) is 0 Å². The van der Waals surface area contributed by atoms with Crippen LogP contribution in [-0.4, -0.2) is 0 Å². The monoisotopic (exact) mass is 362 g/mol. The van der Waals surface area contributed by atoms with Crippen molar-refractivity contribution in [2.75, 3.05) is 0 Å². The van der Waals surface area contributed by atoms with E-state index in [0.29, 0.717) is 0 Å². The van der Waals surface area contributed by atoms with Crippen LogP contribution in [0.1, 0.15) is 57.1 Å². The van der Waals surface area contributed by atoms with Crippen LogP contribution in [0.15, 0.2) is 97.1 Å². The van der Waals surface area contributed by atoms with E-state index in [0.717, 1.165) is 0 Å². The highest BCUT2D eigenvalue weighted by Gasteiger charge is 1.80. The Bertz CT molecular complexity index is 531. The van der Waals surface area contributed by atoms with E-state index in [1.54, 1.807) is 0 Å². The lowest BCUT2D eigenvalue weighted by Gasteiger charge is -1.90. The fourth-order valence-corrected chi connectivity index (χ4v) is 2.13. The van der Waals surface area contributed by atoms with E-state index in [1.165, 1.54) is 43.2 Å². The van der Waals surface area contributed by atoms with Crippen LogP contribution in [0.4, 0.5) is 0 Å². The second-order valence-electron chi connectivity index (χ2n) is 6.52. The van der Waals surface area contributed by atoms with Crippen molar-refractivity contribution in [1.82, 2.24) is 0 Å². The maximum Gasteiger partial charge on any atom is -0.0398 e. The van der Waals surface area contributed by atoms with Gasteiger partial charge in [0.2, 0.25) is 0 Å². The zero-order valence-electron chi connectivity index (χ0n) is 17.8. The third-order valence-electron chi connectivity index (χ3n) is 3.75. The van der Waals surface area contributed by atoms with Crippen LogP contribution in [0, 0.1) is 13.8 Å². The quantitative estimate of drug-likeness (QED) is 0.407. The van der Waals surface area contributed by atoms with Crippen molar-refractivity contribution in [2.45, 2.75) is 59.8 Å². The number of benzene rings is 3. The predicted molar refractivity (Wildman–Crippen MR) is 123 cm³/mol. The van der Waals surface area contributed by atoms with E-state index in [4.69, 9.17) is 0 Å². The summed E-state index contributed by atoms with van der Waals surface area (Å²) in [4.78, 5) is 0. The highest BCUT2D eigenvalue weighted by atomic mass is 13.9. The molecule has 0 N–H and O–H groups in total. The minimum absolute atomic E-state index is 1.32. The summed E-state index contributed by atoms with van der Waals surface area (Å²) in [6, 6.07) is 32.5. The number of aryl methyl sites for hydroxylation is 2. The molecule has 3 aromatic rings. The third-order valence-corrected chi connectivity index (χ3v) is 3.75. The van der Waals surface area contributed by atoms with Gasteiger partial charge in [0.05, 0.1) is 0 Å². The molecule has 0 fully saturated rings. The first-order chi connectivity index (χ1) is 13.2. The molecule has 0 heterocycles. The molecule has 0 spiro atoms. The molecule has 3 rings (SSSR count). The smallest absolute Gasteiger partial charge is 0.0398 e. The van der Waals surface area contributed by atoms with Crippen LogP contribution in [0.2, 0.25) is 0 Å². The van der Waals surface area contributed by atoms with Gasteiger partial charge in [-0.2, -0.15) is 0 Å². The number of hydrogen-bond donors (Lipinski definition) is 0. The zero-order valence-corrected chi connectivity index (χ0v) is 17.8. The van der Waals surface area contributed by atoms with Gasteiger partial charge in [0.15, 0.2) is 0 Å². The van der Waals surface area contributed by atoms with Gasteiger partial charge < -0.3 is 0 Å². The average Bonchev–Trinajstić information content (AvgIpc) is 2.72. The third kappa shape index (κ3) is 19.8. The number of unbranched alkanes of at least 4 members (excludes halogenated alkanes) is 4. The van der Waals surface area contributed by atoms with E-state index < -0.39 is 0 Å². The summed E-state index contributed by atoms with van der Waals surface area (Å²) in [5.74, 6) is 0. The molecule has 146 valence electrons. The van der Waals surface area contributed by atoms with Gasteiger partial charge in [-0.3, -0.25) is 0 Å². The number of hydrogen-bond acceptors (Lipinski definition) is 0. The summed E-state index contributed by atoms with van der Waals surface area (Å²) in [7, 11) is 0. The lowest BCUT2D eigenvalue weighted by atomic mass is 10.2. The molecule has 0 aromatic heterocycles. The molecular weight excluding hydrogens is 324 g/mol. The van der Waals surface area contributed by atoms with Gasteiger partial charge in [0.25, 0.3) is 0 Å². The van der Waals surface area contributed by atoms with Gasteiger partial charge in [-0.1, -0.05) is 154 Å². The van der Waals surface area contributed by atoms with Gasteiger partial charge in [0, 0.05) is 0 Å². The van der Waals surface area contributed by atoms with Crippen molar-refractivity contribution in [3.05, 3.63) is 108 Å². The van der Waals surface area contributed by atoms with Crippen LogP contribution in [0.5, 0.6) is 0 Å². The van der Waals surface area contributed by atoms with Gasteiger partial charge in [-0.25, -0.2) is 0 Å². The molecule has 0 atom stereocenters. The Balaban J connectivity index is 0.000000334. The maximum absolute atomic E-state index is 2.25. The molecule has 0 aliphatic carbocycles. The first-order valence-electron chi connectivity index (χ1n) is 10.2. The molecule has 0 unspecified atom stereocenters. The molecule has 3 aromatic carbocycles. The Morgan fingerprint density at radius 1 is 0.407 bits per heavy atom. The van der Waals surface area contributed by atoms with Crippen molar-refractivity contribution in [3.8, 4) is 0 Å². The molecule has 0 saturated heterocycles. The van der Waals surface area contributed by atoms with Gasteiger partial charge in [0.1, 0.15) is 0 Å². The van der Waals surface area contributed by atoms with Crippen LogP contribution >= 0.6 is 0 Å². The molecule has 0 heteroatoms. The minimum atomic E-state index is 1.32. The lowest BCUT2D eigenvalue weighted by molar-refractivity contribution is 0.656. The average molecular weight is 363 g/mol. The number of rotatable bonds is 4. The molecule has 0 amide bonds. The molecule has 0 saturated carbocycles. The molecular formula is C27H38. The van der Waals surface area contributed by atoms with E-state index in [-0.39, 0.29) is 0 Å². The van der Waals surface area contributed by atoms with Crippen LogP contribution in [0.25, 0.3) is 0 Å². The molecule has 0 radical (unpaired) electrons. The first-order valence-corrected chi connectivity index (χ1v) is 10.2. The van der Waals surface area contributed by atoms with Crippen molar-refractivity contribution in [1.29, 1.82) is 0 Å². The van der Waals surface area contributed by atoms with Crippen molar-refractivity contribution in [2.24, 2.45) is 0 Å². The van der Waals surface area contributed by atoms with Gasteiger partial charge in [-0.05, 0) is 13.8 Å². The molecule has 0 aliphatic heterocycles. The Morgan fingerprint density at radius 3 is 0.852 bits per heavy atom. The summed E-state index contributed by atoms with van der Waals surface area (Å²) in [6.45, 7) is 8.66. The summed E-state index contributed by atoms with van der Waals surface area (Å²) in [6.07, 6.45) is 7.01. The van der Waals surface area contributed by atoms with E-state index in [9.17, 15) is 0 Å². The maximum atomic E-state index is 2.25. The van der Waals surface area contributed by atoms with Crippen LogP contribution in [-0.2, 0) is 0 Å². The Morgan fingerprint density at radius 2 is 0.667 bits per heavy atom. The fraction of sp³-hybridized carbons (Fsp3) is 0.333. The molecule has 0 aliphatic rings. The Hall–Kier alpha value is -2.34. The highest BCUT2D eigenvalue weighted by molar-refractivity contribution is 5.12. The first kappa shape index (κ1) is 24.7. The predicted octanol–water partition coefficient (Wildman–Crippen LogP) is 8.65. The normalized spacial score (nSPS) is 8.74. The summed E-state index contributed by atoms with van der Waals surface area (Å²) < 4.78 is 0. The second-order valence-corrected chi connectivity index (χ2v) is 6.52. The lowest BCUT2D eigenvalue weighted by Crippen LogP contribution is -1.70. The van der Waals surface area contributed by atoms with Crippen LogP contribution < -0.4 is 0 Å². The van der Waals surface area contributed by atoms with Crippen molar-refractivity contribution >= 4 is 0 Å². The molecule has 0 nitrogen and oxygen atoms in total. The minimum Gasteiger partial charge on any atom is -0.0654 e. The van der Waals surface area contributed by atoms with E-state index in [2.05, 4.69) is 52.0 Å². The standard InChI is InChI=1S/2C7H8.C7H16.C6H6/c2*1-7-5-3-2-4-6-7;1-3-5-7-6-4-2;1-2-4-6-5-3-1/h2*2-6H,1H3;3-7H2,1-2H3;1-6H. The van der Waals surface area contributed by atoms with Gasteiger partial charge in [-0.15, -0.1) is 0 Å². The zero-order chi connectivity index (χ0) is 20.0. The molecule has 0 bridgehead atoms. The Kier molecular flexibility index (Phi) is 18.2. The Labute approximate surface area is 168 Å². The van der Waals surface area contributed by atoms with Gasteiger partial charge >= 0.3 is 0 Å². The SMILES string of the molecule is CCCCCCC.Cc1ccccc1.Cc1ccccc1.c1ccccc1. The van der Waals surface area contributed by atoms with E-state index >= 15 is 0 Å². The summed E-state index contributed by atoms with van der Waals surface area (Å²) in [5, 5.41) is 0. The highest BCUT2D eigenvalue weighted by Crippen LogP contribution is 2.00. The summed E-state index contributed by atoms with van der Waals surface area (Å²) >= 11 is 0. The summed E-state index contributed by atoms with van der Waals surface area (Å²) in [5.41, 5.74) is 2.64. The fourth-order valence-electron chi connectivity index (χ4n) is 2.13. The van der Waals surface area contributed by atoms with Crippen molar-refractivity contribution < 1.29 is 0 Å². The van der Waals surface area contributed by atoms with Crippen LogP contribution in [0.3, 0.4) is 0 Å². The molecule has 27 heavy (non-hydrogen) atoms. The largest absolute Gasteiger partial charge is 0.0654 e.